The van der Waals surface area contributed by atoms with Crippen LogP contribution in [0.5, 0.6) is 5.75 Å². The highest BCUT2D eigenvalue weighted by Crippen LogP contribution is 2.26. The summed E-state index contributed by atoms with van der Waals surface area (Å²) in [5.41, 5.74) is 2.49. The lowest BCUT2D eigenvalue weighted by molar-refractivity contribution is -0.138. The summed E-state index contributed by atoms with van der Waals surface area (Å²) in [5.74, 6) is -1.39. The van der Waals surface area contributed by atoms with Gasteiger partial charge < -0.3 is 10.2 Å². The summed E-state index contributed by atoms with van der Waals surface area (Å²) in [6, 6.07) is 14.3. The molecule has 0 amide bonds. The molecule has 0 heterocycles. The second kappa shape index (κ2) is 5.57. The van der Waals surface area contributed by atoms with Crippen molar-refractivity contribution in [2.45, 2.75) is 19.3 Å². The Kier molecular flexibility index (Phi) is 3.85. The van der Waals surface area contributed by atoms with Gasteiger partial charge in [0.15, 0.2) is 0 Å². The molecule has 3 nitrogen and oxygen atoms in total. The fraction of sp³-hybridized carbons (Fsp3) is 0.188. The Hall–Kier alpha value is -2.29. The maximum atomic E-state index is 11.4. The highest BCUT2D eigenvalue weighted by Gasteiger charge is 2.21. The van der Waals surface area contributed by atoms with Crippen LogP contribution < -0.4 is 0 Å². The number of hydrogen-bond donors (Lipinski definition) is 2. The minimum Gasteiger partial charge on any atom is -0.508 e. The molecule has 0 bridgehead atoms. The van der Waals surface area contributed by atoms with Crippen molar-refractivity contribution in [1.82, 2.24) is 0 Å². The van der Waals surface area contributed by atoms with E-state index in [-0.39, 0.29) is 12.2 Å². The fourth-order valence-corrected chi connectivity index (χ4v) is 2.05. The first-order chi connectivity index (χ1) is 9.08. The number of aryl methyl sites for hydroxylation is 1. The molecule has 2 rings (SSSR count). The van der Waals surface area contributed by atoms with E-state index < -0.39 is 11.9 Å². The van der Waals surface area contributed by atoms with E-state index >= 15 is 0 Å². The number of aromatic hydroxyl groups is 1. The highest BCUT2D eigenvalue weighted by molar-refractivity contribution is 5.76. The number of benzene rings is 2. The van der Waals surface area contributed by atoms with Crippen LogP contribution in [0.15, 0.2) is 48.5 Å². The van der Waals surface area contributed by atoms with Gasteiger partial charge in [-0.1, -0.05) is 48.0 Å². The van der Waals surface area contributed by atoms with Crippen molar-refractivity contribution in [2.75, 3.05) is 0 Å². The van der Waals surface area contributed by atoms with Crippen LogP contribution in [0.2, 0.25) is 0 Å². The third-order valence-electron chi connectivity index (χ3n) is 3.19. The van der Waals surface area contributed by atoms with E-state index in [0.29, 0.717) is 5.56 Å². The molecule has 0 aliphatic heterocycles. The molecule has 1 atom stereocenters. The molecule has 0 radical (unpaired) electrons. The second-order valence-corrected chi connectivity index (χ2v) is 4.63. The maximum absolute atomic E-state index is 11.4. The molecular weight excluding hydrogens is 240 g/mol. The predicted molar refractivity (Wildman–Crippen MR) is 73.4 cm³/mol. The second-order valence-electron chi connectivity index (χ2n) is 4.63. The van der Waals surface area contributed by atoms with Gasteiger partial charge in [-0.15, -0.1) is 0 Å². The summed E-state index contributed by atoms with van der Waals surface area (Å²) in [6.07, 6.45) is 0.283. The molecule has 0 aromatic heterocycles. The Bertz CT molecular complexity index is 573. The van der Waals surface area contributed by atoms with Gasteiger partial charge in [0.1, 0.15) is 5.75 Å². The standard InChI is InChI=1S/C16H16O3/c1-11-6-8-12(9-7-11)14(16(18)19)10-13-4-2-3-5-15(13)17/h2-9,14,17H,10H2,1H3,(H,18,19). The molecule has 0 saturated carbocycles. The number of aliphatic carboxylic acids is 1. The summed E-state index contributed by atoms with van der Waals surface area (Å²) in [5, 5.41) is 19.1. The van der Waals surface area contributed by atoms with E-state index in [1.165, 1.54) is 0 Å². The summed E-state index contributed by atoms with van der Waals surface area (Å²) in [4.78, 5) is 11.4. The smallest absolute Gasteiger partial charge is 0.311 e. The lowest BCUT2D eigenvalue weighted by Gasteiger charge is -2.14. The Balaban J connectivity index is 2.29. The molecule has 0 aliphatic carbocycles. The number of carboxylic acid groups (broad SMARTS) is 1. The molecular formula is C16H16O3. The van der Waals surface area contributed by atoms with Crippen molar-refractivity contribution < 1.29 is 15.0 Å². The number of hydrogen-bond acceptors (Lipinski definition) is 2. The Morgan fingerprint density at radius 2 is 1.74 bits per heavy atom. The fourth-order valence-electron chi connectivity index (χ4n) is 2.05. The zero-order valence-corrected chi connectivity index (χ0v) is 10.7. The first-order valence-corrected chi connectivity index (χ1v) is 6.14. The molecule has 19 heavy (non-hydrogen) atoms. The van der Waals surface area contributed by atoms with Gasteiger partial charge >= 0.3 is 5.97 Å². The molecule has 2 N–H and O–H groups in total. The summed E-state index contributed by atoms with van der Waals surface area (Å²) in [6.45, 7) is 1.96. The van der Waals surface area contributed by atoms with Crippen molar-refractivity contribution in [1.29, 1.82) is 0 Å². The molecule has 0 spiro atoms. The number of para-hydroxylation sites is 1. The van der Waals surface area contributed by atoms with Crippen LogP contribution in [0, 0.1) is 6.92 Å². The summed E-state index contributed by atoms with van der Waals surface area (Å²) in [7, 11) is 0. The lowest BCUT2D eigenvalue weighted by atomic mass is 9.91. The minimum absolute atomic E-state index is 0.140. The predicted octanol–water partition coefficient (Wildman–Crippen LogP) is 3.11. The zero-order chi connectivity index (χ0) is 13.8. The van der Waals surface area contributed by atoms with E-state index in [1.54, 1.807) is 24.3 Å². The van der Waals surface area contributed by atoms with E-state index in [4.69, 9.17) is 0 Å². The normalized spacial score (nSPS) is 12.1. The van der Waals surface area contributed by atoms with Gasteiger partial charge in [-0.25, -0.2) is 0 Å². The maximum Gasteiger partial charge on any atom is 0.311 e. The molecule has 0 aliphatic rings. The Morgan fingerprint density at radius 3 is 2.32 bits per heavy atom. The van der Waals surface area contributed by atoms with Gasteiger partial charge in [0.25, 0.3) is 0 Å². The molecule has 1 unspecified atom stereocenters. The third kappa shape index (κ3) is 3.13. The van der Waals surface area contributed by atoms with Crippen molar-refractivity contribution in [3.05, 3.63) is 65.2 Å². The molecule has 3 heteroatoms. The molecule has 2 aromatic rings. The molecule has 0 saturated heterocycles. The van der Waals surface area contributed by atoms with Crippen LogP contribution in [0.4, 0.5) is 0 Å². The number of carboxylic acids is 1. The van der Waals surface area contributed by atoms with Crippen LogP contribution >= 0.6 is 0 Å². The Labute approximate surface area is 112 Å². The van der Waals surface area contributed by atoms with Gasteiger partial charge in [-0.2, -0.15) is 0 Å². The van der Waals surface area contributed by atoms with Gasteiger partial charge in [-0.3, -0.25) is 4.79 Å². The van der Waals surface area contributed by atoms with Crippen molar-refractivity contribution in [3.8, 4) is 5.75 Å². The highest BCUT2D eigenvalue weighted by atomic mass is 16.4. The van der Waals surface area contributed by atoms with Crippen molar-refractivity contribution >= 4 is 5.97 Å². The van der Waals surface area contributed by atoms with Crippen LogP contribution in [-0.4, -0.2) is 16.2 Å². The number of phenols is 1. The van der Waals surface area contributed by atoms with Crippen LogP contribution in [0.1, 0.15) is 22.6 Å². The summed E-state index contributed by atoms with van der Waals surface area (Å²) < 4.78 is 0. The van der Waals surface area contributed by atoms with E-state index in [9.17, 15) is 15.0 Å². The van der Waals surface area contributed by atoms with Gasteiger partial charge in [-0.05, 0) is 30.5 Å². The van der Waals surface area contributed by atoms with E-state index in [1.807, 2.05) is 31.2 Å². The minimum atomic E-state index is -0.882. The molecule has 0 fully saturated rings. The van der Waals surface area contributed by atoms with Crippen LogP contribution in [0.3, 0.4) is 0 Å². The SMILES string of the molecule is Cc1ccc(C(Cc2ccccc2O)C(=O)O)cc1. The largest absolute Gasteiger partial charge is 0.508 e. The average molecular weight is 256 g/mol. The van der Waals surface area contributed by atoms with E-state index in [0.717, 1.165) is 11.1 Å². The zero-order valence-electron chi connectivity index (χ0n) is 10.7. The lowest BCUT2D eigenvalue weighted by Crippen LogP contribution is -2.14. The van der Waals surface area contributed by atoms with Crippen molar-refractivity contribution in [3.63, 3.8) is 0 Å². The average Bonchev–Trinajstić information content (AvgIpc) is 2.39. The van der Waals surface area contributed by atoms with Crippen LogP contribution in [0.25, 0.3) is 0 Å². The number of carbonyl (C=O) groups is 1. The first kappa shape index (κ1) is 13.1. The van der Waals surface area contributed by atoms with E-state index in [2.05, 4.69) is 0 Å². The van der Waals surface area contributed by atoms with Crippen LogP contribution in [-0.2, 0) is 11.2 Å². The monoisotopic (exact) mass is 256 g/mol. The van der Waals surface area contributed by atoms with Gasteiger partial charge in [0.2, 0.25) is 0 Å². The third-order valence-corrected chi connectivity index (χ3v) is 3.19. The first-order valence-electron chi connectivity index (χ1n) is 6.14. The quantitative estimate of drug-likeness (QED) is 0.883. The summed E-state index contributed by atoms with van der Waals surface area (Å²) >= 11 is 0. The number of rotatable bonds is 4. The topological polar surface area (TPSA) is 57.5 Å². The van der Waals surface area contributed by atoms with Gasteiger partial charge in [0.05, 0.1) is 5.92 Å². The van der Waals surface area contributed by atoms with Gasteiger partial charge in [0, 0.05) is 0 Å². The molecule has 2 aromatic carbocycles. The van der Waals surface area contributed by atoms with Crippen molar-refractivity contribution in [2.24, 2.45) is 0 Å². The number of phenolic OH excluding ortho intramolecular Hbond substituents is 1. The molecule has 98 valence electrons. The Morgan fingerprint density at radius 1 is 1.11 bits per heavy atom.